The lowest BCUT2D eigenvalue weighted by Crippen LogP contribution is -2.53. The third kappa shape index (κ3) is 13.4. The highest BCUT2D eigenvalue weighted by Crippen LogP contribution is 2.33. The second kappa shape index (κ2) is 23.7. The van der Waals surface area contributed by atoms with E-state index >= 15 is 0 Å². The number of carbonyl (C=O) groups excluding carboxylic acids is 4. The van der Waals surface area contributed by atoms with Crippen LogP contribution in [0.4, 0.5) is 0 Å². The minimum Gasteiger partial charge on any atom is -0.497 e. The average molecular weight is 918 g/mol. The number of hydrogen-bond acceptors (Lipinski definition) is 8. The molecule has 14 nitrogen and oxygen atoms in total. The van der Waals surface area contributed by atoms with E-state index in [4.69, 9.17) is 4.74 Å². The second-order valence-corrected chi connectivity index (χ2v) is 19.0. The Balaban J connectivity index is 0.000000257. The summed E-state index contributed by atoms with van der Waals surface area (Å²) in [5, 5.41) is 11.0. The molecule has 0 spiro atoms. The van der Waals surface area contributed by atoms with E-state index in [9.17, 15) is 28.2 Å². The maximum Gasteiger partial charge on any atom is 0.254 e. The monoisotopic (exact) mass is 917 g/mol. The first-order valence-corrected chi connectivity index (χ1v) is 24.2. The van der Waals surface area contributed by atoms with Gasteiger partial charge in [-0.15, -0.1) is 6.58 Å². The SMILES string of the molecule is C=CCC(NC(=O)[C@@H]1CCCN1C(=O)CCC(=O)N1CCCCC1c1cc(-c2ccccc2)n[nH]1)C(=O)NS(=O)C1CC1.CC(C)C.COc1ccc2c(=O)cc(-c3ccccc3)[nH]c2c1. The molecule has 2 saturated heterocycles. The van der Waals surface area contributed by atoms with Crippen molar-refractivity contribution >= 4 is 45.5 Å². The van der Waals surface area contributed by atoms with Crippen LogP contribution in [0.15, 0.2) is 108 Å². The minimum atomic E-state index is -1.47. The number of fused-ring (bicyclic) bond motifs is 1. The highest BCUT2D eigenvalue weighted by molar-refractivity contribution is 7.84. The van der Waals surface area contributed by atoms with Gasteiger partial charge in [-0.3, -0.25) is 33.8 Å². The molecular weight excluding hydrogens is 855 g/mol. The fourth-order valence-corrected chi connectivity index (χ4v) is 9.06. The number of carbonyl (C=O) groups is 4. The van der Waals surface area contributed by atoms with Gasteiger partial charge in [-0.05, 0) is 81.0 Å². The Morgan fingerprint density at radius 1 is 0.848 bits per heavy atom. The molecule has 66 heavy (non-hydrogen) atoms. The molecule has 15 heteroatoms. The summed E-state index contributed by atoms with van der Waals surface area (Å²) >= 11 is 0. The van der Waals surface area contributed by atoms with Gasteiger partial charge in [0, 0.05) is 54.7 Å². The van der Waals surface area contributed by atoms with Gasteiger partial charge in [0.05, 0.1) is 35.3 Å². The highest BCUT2D eigenvalue weighted by Gasteiger charge is 2.37. The van der Waals surface area contributed by atoms with Crippen molar-refractivity contribution in [3.63, 3.8) is 0 Å². The van der Waals surface area contributed by atoms with Crippen LogP contribution in [0, 0.1) is 5.92 Å². The molecule has 1 saturated carbocycles. The summed E-state index contributed by atoms with van der Waals surface area (Å²) in [4.78, 5) is 71.3. The van der Waals surface area contributed by atoms with Crippen molar-refractivity contribution in [2.45, 2.75) is 108 Å². The number of pyridine rings is 1. The summed E-state index contributed by atoms with van der Waals surface area (Å²) in [6.45, 7) is 11.2. The lowest BCUT2D eigenvalue weighted by molar-refractivity contribution is -0.142. The first kappa shape index (κ1) is 49.1. The molecule has 1 aliphatic carbocycles. The van der Waals surface area contributed by atoms with E-state index in [1.807, 2.05) is 77.7 Å². The number of methoxy groups -OCH3 is 1. The molecule has 4 N–H and O–H groups in total. The van der Waals surface area contributed by atoms with Crippen molar-refractivity contribution in [2.75, 3.05) is 20.2 Å². The standard InChI is InChI=1S/C31H40N6O5S.C16H13NO2.C4H10/c1-2-9-23(30(40)35-43(42)22-14-15-22)32-31(41)27-13-8-19-37(27)29(39)17-16-28(38)36-18-7-6-12-26(36)25-20-24(33-34-25)21-10-4-3-5-11-21;1-19-12-7-8-13-15(9-12)17-14(10-16(13)18)11-5-3-2-4-6-11;1-4(2)3/h2-5,10-11,20,22-23,26-27H,1,6-9,12-19H2,(H,32,41)(H,33,34)(H,35,40);2-10H,1H3,(H,17,18);4H,1-3H3/t23?,26?,27-,43?;;/m0../s1. The van der Waals surface area contributed by atoms with E-state index in [1.54, 1.807) is 25.3 Å². The number of ether oxygens (including phenoxy) is 1. The maximum atomic E-state index is 13.4. The van der Waals surface area contributed by atoms with E-state index in [2.05, 4.69) is 52.6 Å². The first-order chi connectivity index (χ1) is 31.9. The van der Waals surface area contributed by atoms with Crippen LogP contribution in [-0.4, -0.2) is 90.4 Å². The van der Waals surface area contributed by atoms with Gasteiger partial charge in [-0.2, -0.15) is 5.10 Å². The Labute approximate surface area is 389 Å². The van der Waals surface area contributed by atoms with E-state index < -0.39 is 34.9 Å². The Morgan fingerprint density at radius 2 is 1.50 bits per heavy atom. The van der Waals surface area contributed by atoms with Gasteiger partial charge in [0.2, 0.25) is 17.7 Å². The summed E-state index contributed by atoms with van der Waals surface area (Å²) in [7, 11) is 0.142. The third-order valence-corrected chi connectivity index (χ3v) is 12.9. The summed E-state index contributed by atoms with van der Waals surface area (Å²) in [5.74, 6) is 0.256. The maximum absolute atomic E-state index is 13.4. The van der Waals surface area contributed by atoms with Gasteiger partial charge in [0.25, 0.3) is 5.91 Å². The number of hydrogen-bond donors (Lipinski definition) is 4. The molecule has 350 valence electrons. The fraction of sp³-hybridized carbons (Fsp3) is 0.412. The number of likely N-dealkylation sites (tertiary alicyclic amines) is 2. The van der Waals surface area contributed by atoms with Crippen molar-refractivity contribution in [1.82, 2.24) is 35.0 Å². The molecule has 2 aromatic heterocycles. The van der Waals surface area contributed by atoms with Crippen LogP contribution < -0.4 is 20.2 Å². The average Bonchev–Trinajstić information content (AvgIpc) is 3.85. The number of nitrogens with one attached hydrogen (secondary N) is 4. The van der Waals surface area contributed by atoms with E-state index in [1.165, 1.54) is 11.0 Å². The molecule has 4 atom stereocenters. The van der Waals surface area contributed by atoms with E-state index in [0.717, 1.165) is 77.5 Å². The Bertz CT molecular complexity index is 2520. The van der Waals surface area contributed by atoms with Gasteiger partial charge < -0.3 is 24.8 Å². The molecule has 3 unspecified atom stereocenters. The number of rotatable bonds is 14. The number of amides is 4. The number of piperidine rings is 1. The zero-order chi connectivity index (χ0) is 47.2. The second-order valence-electron chi connectivity index (χ2n) is 17.5. The first-order valence-electron chi connectivity index (χ1n) is 22.9. The zero-order valence-electron chi connectivity index (χ0n) is 38.4. The summed E-state index contributed by atoms with van der Waals surface area (Å²) < 4.78 is 19.8. The van der Waals surface area contributed by atoms with Crippen LogP contribution >= 0.6 is 0 Å². The highest BCUT2D eigenvalue weighted by atomic mass is 32.2. The molecule has 5 aromatic rings. The molecule has 3 aliphatic rings. The van der Waals surface area contributed by atoms with Crippen LogP contribution in [0.25, 0.3) is 33.4 Å². The molecule has 0 bridgehead atoms. The number of H-pyrrole nitrogens is 2. The van der Waals surface area contributed by atoms with E-state index in [-0.39, 0.29) is 47.8 Å². The number of aromatic amines is 2. The normalized spacial score (nSPS) is 17.7. The van der Waals surface area contributed by atoms with Gasteiger partial charge >= 0.3 is 0 Å². The van der Waals surface area contributed by atoms with Crippen LogP contribution in [-0.2, 0) is 30.2 Å². The number of aromatic nitrogens is 3. The quantitative estimate of drug-likeness (QED) is 0.0814. The summed E-state index contributed by atoms with van der Waals surface area (Å²) in [6, 6.07) is 26.9. The Kier molecular flexibility index (Phi) is 17.6. The van der Waals surface area contributed by atoms with Crippen molar-refractivity contribution in [3.8, 4) is 28.3 Å². The lowest BCUT2D eigenvalue weighted by atomic mass is 9.98. The molecule has 4 heterocycles. The molecule has 3 aromatic carbocycles. The molecule has 3 fully saturated rings. The largest absolute Gasteiger partial charge is 0.497 e. The van der Waals surface area contributed by atoms with E-state index in [0.29, 0.717) is 31.3 Å². The predicted octanol–water partition coefficient (Wildman–Crippen LogP) is 7.77. The summed E-state index contributed by atoms with van der Waals surface area (Å²) in [6.07, 6.45) is 7.21. The Morgan fingerprint density at radius 3 is 2.15 bits per heavy atom. The van der Waals surface area contributed by atoms with Gasteiger partial charge in [0.15, 0.2) is 5.43 Å². The molecule has 0 radical (unpaired) electrons. The zero-order valence-corrected chi connectivity index (χ0v) is 39.2. The minimum absolute atomic E-state index is 0.00101. The van der Waals surface area contributed by atoms with Gasteiger partial charge in [-0.25, -0.2) is 4.21 Å². The van der Waals surface area contributed by atoms with Crippen molar-refractivity contribution < 1.29 is 28.1 Å². The molecule has 4 amide bonds. The molecule has 8 rings (SSSR count). The predicted molar refractivity (Wildman–Crippen MR) is 259 cm³/mol. The van der Waals surface area contributed by atoms with Crippen LogP contribution in [0.5, 0.6) is 5.75 Å². The fourth-order valence-electron chi connectivity index (χ4n) is 7.99. The topological polar surface area (TPSA) is 187 Å². The Hall–Kier alpha value is -6.35. The van der Waals surface area contributed by atoms with Crippen LogP contribution in [0.2, 0.25) is 0 Å². The van der Waals surface area contributed by atoms with Crippen molar-refractivity contribution in [2.24, 2.45) is 5.92 Å². The number of benzene rings is 3. The smallest absolute Gasteiger partial charge is 0.254 e. The summed E-state index contributed by atoms with van der Waals surface area (Å²) in [5.41, 5.74) is 5.30. The third-order valence-electron chi connectivity index (χ3n) is 11.5. The van der Waals surface area contributed by atoms with Crippen molar-refractivity contribution in [3.05, 3.63) is 120 Å². The van der Waals surface area contributed by atoms with Crippen LogP contribution in [0.1, 0.15) is 96.7 Å². The van der Waals surface area contributed by atoms with Crippen molar-refractivity contribution in [1.29, 1.82) is 0 Å². The van der Waals surface area contributed by atoms with Gasteiger partial charge in [-0.1, -0.05) is 87.5 Å². The van der Waals surface area contributed by atoms with Crippen LogP contribution in [0.3, 0.4) is 0 Å². The number of nitrogens with zero attached hydrogens (tertiary/aromatic N) is 3. The molecular formula is C51H63N7O7S. The van der Waals surface area contributed by atoms with Gasteiger partial charge in [0.1, 0.15) is 28.8 Å². The lowest BCUT2D eigenvalue weighted by Gasteiger charge is -2.35. The molecule has 2 aliphatic heterocycles.